The molecule has 0 N–H and O–H groups in total. The molecule has 2 aliphatic heterocycles. The molecule has 172 valence electrons. The Balaban J connectivity index is 1.37. The highest BCUT2D eigenvalue weighted by atomic mass is 16.5. The molecule has 6 nitrogen and oxygen atoms in total. The Morgan fingerprint density at radius 2 is 1.97 bits per heavy atom. The minimum Gasteiger partial charge on any atom is -0.497 e. The maximum atomic E-state index is 13.5. The van der Waals surface area contributed by atoms with Crippen LogP contribution in [0.4, 0.5) is 0 Å². The largest absolute Gasteiger partial charge is 0.497 e. The molecule has 1 aromatic heterocycles. The van der Waals surface area contributed by atoms with Gasteiger partial charge in [0.1, 0.15) is 23.0 Å². The number of hydrogen-bond acceptors (Lipinski definition) is 4. The molecule has 1 aliphatic carbocycles. The molecule has 1 amide bonds. The second kappa shape index (κ2) is 7.53. The Bertz CT molecular complexity index is 1040. The Kier molecular flexibility index (Phi) is 5.02. The maximum Gasteiger partial charge on any atom is 0.274 e. The molecule has 3 atom stereocenters. The van der Waals surface area contributed by atoms with E-state index in [0.717, 1.165) is 61.7 Å². The van der Waals surface area contributed by atoms with Crippen molar-refractivity contribution in [2.24, 2.45) is 10.8 Å². The van der Waals surface area contributed by atoms with Gasteiger partial charge in [0.05, 0.1) is 14.2 Å². The Labute approximate surface area is 190 Å². The van der Waals surface area contributed by atoms with Crippen molar-refractivity contribution in [3.63, 3.8) is 0 Å². The molecule has 3 aliphatic rings. The van der Waals surface area contributed by atoms with Crippen LogP contribution in [-0.4, -0.2) is 47.2 Å². The molecule has 1 aromatic carbocycles. The molecule has 32 heavy (non-hydrogen) atoms. The molecule has 2 fully saturated rings. The third kappa shape index (κ3) is 3.67. The minimum absolute atomic E-state index is 0.105. The van der Waals surface area contributed by atoms with Crippen molar-refractivity contribution >= 4 is 5.91 Å². The van der Waals surface area contributed by atoms with Gasteiger partial charge in [0.25, 0.3) is 5.91 Å². The van der Waals surface area contributed by atoms with Crippen LogP contribution in [0.5, 0.6) is 11.5 Å². The van der Waals surface area contributed by atoms with Crippen LogP contribution < -0.4 is 9.47 Å². The molecule has 1 saturated carbocycles. The summed E-state index contributed by atoms with van der Waals surface area (Å²) in [6.45, 7) is 8.68. The first-order valence-corrected chi connectivity index (χ1v) is 11.8. The number of rotatable bonds is 4. The first-order valence-electron chi connectivity index (χ1n) is 11.8. The van der Waals surface area contributed by atoms with Crippen molar-refractivity contribution in [3.8, 4) is 11.5 Å². The van der Waals surface area contributed by atoms with Gasteiger partial charge in [-0.15, -0.1) is 0 Å². The van der Waals surface area contributed by atoms with Gasteiger partial charge in [-0.05, 0) is 54.7 Å². The van der Waals surface area contributed by atoms with E-state index in [1.165, 1.54) is 6.42 Å². The average Bonchev–Trinajstić information content (AvgIpc) is 3.29. The van der Waals surface area contributed by atoms with E-state index >= 15 is 0 Å². The molecular formula is C26H35N3O3. The predicted octanol–water partition coefficient (Wildman–Crippen LogP) is 4.67. The summed E-state index contributed by atoms with van der Waals surface area (Å²) >= 11 is 0. The van der Waals surface area contributed by atoms with Crippen LogP contribution in [0, 0.1) is 10.8 Å². The van der Waals surface area contributed by atoms with Gasteiger partial charge in [-0.25, -0.2) is 4.98 Å². The zero-order valence-corrected chi connectivity index (χ0v) is 20.0. The van der Waals surface area contributed by atoms with Crippen molar-refractivity contribution in [1.82, 2.24) is 14.5 Å². The number of ether oxygens (including phenoxy) is 2. The van der Waals surface area contributed by atoms with Crippen molar-refractivity contribution in [3.05, 3.63) is 41.5 Å². The summed E-state index contributed by atoms with van der Waals surface area (Å²) in [6.07, 6.45) is 7.20. The lowest BCUT2D eigenvalue weighted by Gasteiger charge is -2.39. The Morgan fingerprint density at radius 3 is 2.72 bits per heavy atom. The van der Waals surface area contributed by atoms with Gasteiger partial charge < -0.3 is 18.9 Å². The molecule has 3 unspecified atom stereocenters. The molecule has 5 rings (SSSR count). The van der Waals surface area contributed by atoms with Gasteiger partial charge >= 0.3 is 0 Å². The molecule has 6 heteroatoms. The smallest absolute Gasteiger partial charge is 0.274 e. The van der Waals surface area contributed by atoms with Crippen LogP contribution in [-0.2, 0) is 13.0 Å². The van der Waals surface area contributed by atoms with Crippen molar-refractivity contribution in [2.45, 2.75) is 71.4 Å². The highest BCUT2D eigenvalue weighted by Gasteiger charge is 2.51. The molecule has 2 bridgehead atoms. The van der Waals surface area contributed by atoms with Gasteiger partial charge in [-0.2, -0.15) is 0 Å². The first kappa shape index (κ1) is 21.4. The van der Waals surface area contributed by atoms with Crippen molar-refractivity contribution in [1.29, 1.82) is 0 Å². The van der Waals surface area contributed by atoms with Gasteiger partial charge in [0.2, 0.25) is 0 Å². The van der Waals surface area contributed by atoms with Crippen LogP contribution in [0.2, 0.25) is 0 Å². The van der Waals surface area contributed by atoms with Crippen LogP contribution >= 0.6 is 0 Å². The Morgan fingerprint density at radius 1 is 1.16 bits per heavy atom. The number of carbonyl (C=O) groups excluding carboxylic acids is 1. The normalized spacial score (nSPS) is 28.3. The molecule has 2 aromatic rings. The fourth-order valence-corrected chi connectivity index (χ4v) is 6.80. The molecule has 0 spiro atoms. The number of imidazole rings is 1. The number of methoxy groups -OCH3 is 2. The summed E-state index contributed by atoms with van der Waals surface area (Å²) in [4.78, 5) is 20.4. The highest BCUT2D eigenvalue weighted by Crippen LogP contribution is 2.52. The third-order valence-corrected chi connectivity index (χ3v) is 7.76. The number of fused-ring (bicyclic) bond motifs is 3. The van der Waals surface area contributed by atoms with Crippen LogP contribution in [0.1, 0.15) is 74.2 Å². The summed E-state index contributed by atoms with van der Waals surface area (Å²) < 4.78 is 13.2. The van der Waals surface area contributed by atoms with E-state index in [0.29, 0.717) is 23.1 Å². The number of carbonyl (C=O) groups is 1. The highest BCUT2D eigenvalue weighted by molar-refractivity contribution is 5.92. The lowest BCUT2D eigenvalue weighted by molar-refractivity contribution is 0.0702. The predicted molar refractivity (Wildman–Crippen MR) is 123 cm³/mol. The van der Waals surface area contributed by atoms with Gasteiger partial charge in [-0.3, -0.25) is 4.79 Å². The minimum atomic E-state index is 0.105. The molecule has 3 heterocycles. The van der Waals surface area contributed by atoms with Gasteiger partial charge in [0.15, 0.2) is 0 Å². The average molecular weight is 438 g/mol. The number of nitrogens with zero attached hydrogens (tertiary/aromatic N) is 3. The van der Waals surface area contributed by atoms with Crippen LogP contribution in [0.3, 0.4) is 0 Å². The van der Waals surface area contributed by atoms with Crippen LogP contribution in [0.15, 0.2) is 24.4 Å². The summed E-state index contributed by atoms with van der Waals surface area (Å²) in [5, 5.41) is 0. The fraction of sp³-hybridized carbons (Fsp3) is 0.615. The van der Waals surface area contributed by atoms with E-state index in [4.69, 9.17) is 14.5 Å². The van der Waals surface area contributed by atoms with Crippen LogP contribution in [0.25, 0.3) is 0 Å². The number of likely N-dealkylation sites (tertiary alicyclic amines) is 1. The SMILES string of the molecule is COc1ccc(OC)c(C2CCc3nc(C(=O)N4CC5(C)CC4CC(C)(C)C5)cn3C2)c1. The zero-order valence-electron chi connectivity index (χ0n) is 20.0. The molecule has 0 radical (unpaired) electrons. The van der Waals surface area contributed by atoms with Crippen molar-refractivity contribution < 1.29 is 14.3 Å². The topological polar surface area (TPSA) is 56.6 Å². The van der Waals surface area contributed by atoms with Gasteiger partial charge in [0, 0.05) is 43.2 Å². The third-order valence-electron chi connectivity index (χ3n) is 7.76. The second-order valence-corrected chi connectivity index (χ2v) is 11.2. The summed E-state index contributed by atoms with van der Waals surface area (Å²) in [6, 6.07) is 6.31. The Hall–Kier alpha value is -2.50. The van der Waals surface area contributed by atoms with Gasteiger partial charge in [-0.1, -0.05) is 20.8 Å². The quantitative estimate of drug-likeness (QED) is 0.697. The van der Waals surface area contributed by atoms with E-state index in [-0.39, 0.29) is 11.3 Å². The first-order chi connectivity index (χ1) is 15.2. The number of aromatic nitrogens is 2. The standard InChI is InChI=1S/C26H35N3O3/c1-25(2)11-18-12-26(3,15-25)16-29(18)24(30)21-14-28-13-17(6-9-23(28)27-21)20-10-19(31-4)7-8-22(20)32-5/h7-8,10,14,17-18H,6,9,11-13,15-16H2,1-5H3. The van der Waals surface area contributed by atoms with E-state index in [1.807, 2.05) is 18.3 Å². The van der Waals surface area contributed by atoms with Crippen molar-refractivity contribution in [2.75, 3.05) is 20.8 Å². The molecule has 1 saturated heterocycles. The van der Waals surface area contributed by atoms with E-state index in [2.05, 4.69) is 36.3 Å². The summed E-state index contributed by atoms with van der Waals surface area (Å²) in [5.74, 6) is 3.14. The zero-order chi connectivity index (χ0) is 22.7. The maximum absolute atomic E-state index is 13.5. The number of hydrogen-bond donors (Lipinski definition) is 0. The number of benzene rings is 1. The van der Waals surface area contributed by atoms with E-state index in [1.54, 1.807) is 14.2 Å². The lowest BCUT2D eigenvalue weighted by atomic mass is 9.65. The number of amides is 1. The van der Waals surface area contributed by atoms with E-state index < -0.39 is 0 Å². The summed E-state index contributed by atoms with van der Waals surface area (Å²) in [7, 11) is 3.40. The second-order valence-electron chi connectivity index (χ2n) is 11.2. The monoisotopic (exact) mass is 437 g/mol. The van der Waals surface area contributed by atoms with E-state index in [9.17, 15) is 4.79 Å². The lowest BCUT2D eigenvalue weighted by Crippen LogP contribution is -2.37. The fourth-order valence-electron chi connectivity index (χ4n) is 6.80. The molecular weight excluding hydrogens is 402 g/mol. The summed E-state index contributed by atoms with van der Waals surface area (Å²) in [5.41, 5.74) is 2.29. The number of aryl methyl sites for hydroxylation is 1.